The molecular formula is C33H58ClN3. The SMILES string of the molecule is CCNC1C=C(C2CCCC(CN[C@@H](CN3CC[C@H](C4CC=C(Cl)CC4)C(C)(C)C3)C(C)C)C2)CCC1. The van der Waals surface area contributed by atoms with Crippen molar-refractivity contribution < 1.29 is 0 Å². The van der Waals surface area contributed by atoms with E-state index >= 15 is 0 Å². The van der Waals surface area contributed by atoms with Crippen LogP contribution in [0.15, 0.2) is 22.8 Å². The zero-order valence-electron chi connectivity index (χ0n) is 24.8. The number of piperidine rings is 1. The number of halogens is 1. The normalized spacial score (nSPS) is 34.2. The van der Waals surface area contributed by atoms with Gasteiger partial charge in [0.05, 0.1) is 0 Å². The zero-order valence-corrected chi connectivity index (χ0v) is 25.6. The maximum absolute atomic E-state index is 6.29. The summed E-state index contributed by atoms with van der Waals surface area (Å²) in [7, 11) is 0. The van der Waals surface area contributed by atoms with Gasteiger partial charge in [0.25, 0.3) is 0 Å². The molecule has 3 aliphatic carbocycles. The van der Waals surface area contributed by atoms with Crippen LogP contribution in [-0.2, 0) is 0 Å². The molecule has 1 aliphatic heterocycles. The highest BCUT2D eigenvalue weighted by Crippen LogP contribution is 2.45. The Balaban J connectivity index is 1.27. The summed E-state index contributed by atoms with van der Waals surface area (Å²) in [4.78, 5) is 2.79. The summed E-state index contributed by atoms with van der Waals surface area (Å²) in [5.74, 6) is 4.01. The van der Waals surface area contributed by atoms with Gasteiger partial charge in [0.2, 0.25) is 0 Å². The number of likely N-dealkylation sites (tertiary alicyclic amines) is 1. The van der Waals surface area contributed by atoms with E-state index in [2.05, 4.69) is 62.3 Å². The van der Waals surface area contributed by atoms with E-state index in [1.54, 1.807) is 5.57 Å². The molecule has 0 aromatic rings. The Bertz CT molecular complexity index is 772. The van der Waals surface area contributed by atoms with Crippen LogP contribution in [0, 0.1) is 35.0 Å². The van der Waals surface area contributed by atoms with E-state index in [0.717, 1.165) is 41.7 Å². The van der Waals surface area contributed by atoms with Crippen LogP contribution in [0.3, 0.4) is 0 Å². The molecule has 3 nitrogen and oxygen atoms in total. The predicted octanol–water partition coefficient (Wildman–Crippen LogP) is 7.77. The molecule has 2 N–H and O–H groups in total. The minimum absolute atomic E-state index is 0.386. The number of nitrogens with one attached hydrogen (secondary N) is 2. The van der Waals surface area contributed by atoms with Gasteiger partial charge in [-0.05, 0) is 119 Å². The Morgan fingerprint density at radius 1 is 1.08 bits per heavy atom. The Morgan fingerprint density at radius 3 is 2.62 bits per heavy atom. The summed E-state index contributed by atoms with van der Waals surface area (Å²) in [5, 5.41) is 8.88. The number of rotatable bonds is 10. The van der Waals surface area contributed by atoms with Crippen molar-refractivity contribution >= 4 is 11.6 Å². The van der Waals surface area contributed by atoms with Crippen molar-refractivity contribution in [1.82, 2.24) is 15.5 Å². The van der Waals surface area contributed by atoms with E-state index in [1.807, 2.05) is 0 Å². The van der Waals surface area contributed by atoms with Gasteiger partial charge in [-0.25, -0.2) is 0 Å². The molecule has 4 rings (SSSR count). The lowest BCUT2D eigenvalue weighted by atomic mass is 9.65. The molecule has 4 unspecified atom stereocenters. The largest absolute Gasteiger partial charge is 0.312 e. The van der Waals surface area contributed by atoms with Crippen molar-refractivity contribution in [3.05, 3.63) is 22.8 Å². The molecule has 0 aromatic carbocycles. The molecule has 212 valence electrons. The van der Waals surface area contributed by atoms with Crippen molar-refractivity contribution in [3.63, 3.8) is 0 Å². The zero-order chi connectivity index (χ0) is 26.4. The van der Waals surface area contributed by atoms with Crippen LogP contribution in [0.2, 0.25) is 0 Å². The number of hydrogen-bond donors (Lipinski definition) is 2. The Kier molecular flexibility index (Phi) is 11.1. The summed E-state index contributed by atoms with van der Waals surface area (Å²) in [6, 6.07) is 1.22. The second-order valence-corrected chi connectivity index (χ2v) is 14.6. The first-order chi connectivity index (χ1) is 17.7. The van der Waals surface area contributed by atoms with Gasteiger partial charge in [-0.1, -0.05) is 70.4 Å². The fourth-order valence-electron chi connectivity index (χ4n) is 8.34. The van der Waals surface area contributed by atoms with Crippen molar-refractivity contribution in [2.45, 2.75) is 117 Å². The maximum atomic E-state index is 6.29. The lowest BCUT2D eigenvalue weighted by Gasteiger charge is -2.49. The number of nitrogens with zero attached hydrogens (tertiary/aromatic N) is 1. The highest BCUT2D eigenvalue weighted by Gasteiger charge is 2.41. The molecule has 0 amide bonds. The summed E-state index contributed by atoms with van der Waals surface area (Å²) < 4.78 is 0. The molecular weight excluding hydrogens is 474 g/mol. The van der Waals surface area contributed by atoms with Gasteiger partial charge >= 0.3 is 0 Å². The van der Waals surface area contributed by atoms with Gasteiger partial charge in [0.15, 0.2) is 0 Å². The summed E-state index contributed by atoms with van der Waals surface area (Å²) in [6.07, 6.45) is 19.5. The Labute approximate surface area is 234 Å². The van der Waals surface area contributed by atoms with Crippen molar-refractivity contribution in [1.29, 1.82) is 0 Å². The van der Waals surface area contributed by atoms with E-state index in [0.29, 0.717) is 23.4 Å². The number of hydrogen-bond acceptors (Lipinski definition) is 3. The Morgan fingerprint density at radius 2 is 1.92 bits per heavy atom. The van der Waals surface area contributed by atoms with Gasteiger partial charge in [0, 0.05) is 30.2 Å². The van der Waals surface area contributed by atoms with Crippen LogP contribution in [0.1, 0.15) is 105 Å². The highest BCUT2D eigenvalue weighted by atomic mass is 35.5. The molecule has 4 heteroatoms. The van der Waals surface area contributed by atoms with Gasteiger partial charge in [-0.15, -0.1) is 0 Å². The number of allylic oxidation sites excluding steroid dienone is 3. The Hall–Kier alpha value is -0.350. The van der Waals surface area contributed by atoms with Crippen molar-refractivity contribution in [2.75, 3.05) is 32.7 Å². The van der Waals surface area contributed by atoms with Gasteiger partial charge < -0.3 is 15.5 Å². The topological polar surface area (TPSA) is 27.3 Å². The minimum atomic E-state index is 0.386. The quantitative estimate of drug-likeness (QED) is 0.282. The average molecular weight is 532 g/mol. The molecule has 0 aromatic heterocycles. The smallest absolute Gasteiger partial charge is 0.0252 e. The standard InChI is InChI=1S/C33H58ClN3/c1-6-35-30-12-8-11-28(20-30)27-10-7-9-25(19-27)21-36-32(24(2)3)22-37-18-17-31(33(4,5)23-37)26-13-15-29(34)16-14-26/h15,20,24-27,30-32,35-36H,6-14,16-19,21-23H2,1-5H3/t25?,26?,27?,30?,31-,32+/m1/s1. The van der Waals surface area contributed by atoms with Crippen LogP contribution in [-0.4, -0.2) is 49.7 Å². The third kappa shape index (κ3) is 8.32. The van der Waals surface area contributed by atoms with Crippen LogP contribution in [0.5, 0.6) is 0 Å². The number of likely N-dealkylation sites (N-methyl/N-ethyl adjacent to an activating group) is 1. The van der Waals surface area contributed by atoms with Gasteiger partial charge in [-0.2, -0.15) is 0 Å². The van der Waals surface area contributed by atoms with E-state index in [4.69, 9.17) is 11.6 Å². The predicted molar refractivity (Wildman–Crippen MR) is 161 cm³/mol. The first-order valence-corrected chi connectivity index (χ1v) is 16.4. The summed E-state index contributed by atoms with van der Waals surface area (Å²) >= 11 is 6.29. The molecule has 37 heavy (non-hydrogen) atoms. The third-order valence-corrected chi connectivity index (χ3v) is 10.8. The minimum Gasteiger partial charge on any atom is -0.312 e. The molecule has 1 saturated carbocycles. The fourth-order valence-corrected chi connectivity index (χ4v) is 8.54. The first-order valence-electron chi connectivity index (χ1n) is 16.0. The van der Waals surface area contributed by atoms with Gasteiger partial charge in [0.1, 0.15) is 0 Å². The summed E-state index contributed by atoms with van der Waals surface area (Å²) in [6.45, 7) is 18.1. The second kappa shape index (κ2) is 13.8. The molecule has 4 aliphatic rings. The molecule has 1 saturated heterocycles. The molecule has 2 fully saturated rings. The monoisotopic (exact) mass is 531 g/mol. The molecule has 6 atom stereocenters. The lowest BCUT2D eigenvalue weighted by Crippen LogP contribution is -2.53. The van der Waals surface area contributed by atoms with Gasteiger partial charge in [-0.3, -0.25) is 0 Å². The van der Waals surface area contributed by atoms with Crippen LogP contribution >= 0.6 is 11.6 Å². The molecule has 0 bridgehead atoms. The first kappa shape index (κ1) is 29.6. The molecule has 1 heterocycles. The van der Waals surface area contributed by atoms with E-state index in [9.17, 15) is 0 Å². The lowest BCUT2D eigenvalue weighted by molar-refractivity contribution is 0.0115. The van der Waals surface area contributed by atoms with Crippen molar-refractivity contribution in [3.8, 4) is 0 Å². The third-order valence-electron chi connectivity index (χ3n) is 10.5. The van der Waals surface area contributed by atoms with E-state index < -0.39 is 0 Å². The van der Waals surface area contributed by atoms with Crippen LogP contribution in [0.4, 0.5) is 0 Å². The van der Waals surface area contributed by atoms with Crippen LogP contribution in [0.25, 0.3) is 0 Å². The molecule has 0 radical (unpaired) electrons. The van der Waals surface area contributed by atoms with E-state index in [-0.39, 0.29) is 0 Å². The average Bonchev–Trinajstić information content (AvgIpc) is 2.87. The molecule has 0 spiro atoms. The summed E-state index contributed by atoms with van der Waals surface area (Å²) in [5.41, 5.74) is 2.17. The van der Waals surface area contributed by atoms with E-state index in [1.165, 1.54) is 90.4 Å². The maximum Gasteiger partial charge on any atom is 0.0252 e. The van der Waals surface area contributed by atoms with Crippen molar-refractivity contribution in [2.24, 2.45) is 35.0 Å². The van der Waals surface area contributed by atoms with Crippen LogP contribution < -0.4 is 10.6 Å². The second-order valence-electron chi connectivity index (χ2n) is 14.1. The fraction of sp³-hybridized carbons (Fsp3) is 0.879. The highest BCUT2D eigenvalue weighted by molar-refractivity contribution is 6.29.